The van der Waals surface area contributed by atoms with Gasteiger partial charge in [-0.1, -0.05) is 61.8 Å². The maximum Gasteiger partial charge on any atom is 0.481 e. The Morgan fingerprint density at radius 1 is 0.562 bits per heavy atom. The second-order valence-electron chi connectivity index (χ2n) is 25.2. The number of thioether (sulfide) groups is 2. The molecular formula is C51H90N14O32P6S2. The van der Waals surface area contributed by atoms with Crippen LogP contribution in [-0.2, 0) is 91.8 Å². The Bertz CT molecular complexity index is 3860. The van der Waals surface area contributed by atoms with E-state index in [4.69, 9.17) is 39.0 Å². The highest BCUT2D eigenvalue weighted by atomic mass is 32.2. The van der Waals surface area contributed by atoms with E-state index in [1.165, 1.54) is 27.7 Å². The number of nitrogen functional groups attached to an aromatic ring is 2. The van der Waals surface area contributed by atoms with Crippen LogP contribution >= 0.6 is 70.5 Å². The lowest BCUT2D eigenvalue weighted by molar-refractivity contribution is -0.137. The number of imidazole rings is 2. The fraction of sp³-hybridized carbons (Fsp3) is 0.725. The molecule has 15 atom stereocenters. The number of anilines is 2. The number of fused-ring (bicyclic) bond motifs is 2. The van der Waals surface area contributed by atoms with Gasteiger partial charge in [0.1, 0.15) is 72.5 Å². The van der Waals surface area contributed by atoms with Crippen molar-refractivity contribution in [1.29, 1.82) is 0 Å². The molecule has 0 bridgehead atoms. The van der Waals surface area contributed by atoms with Crippen LogP contribution in [-0.4, -0.2) is 247 Å². The highest BCUT2D eigenvalue weighted by Crippen LogP contribution is 2.63. The Labute approximate surface area is 608 Å². The van der Waals surface area contributed by atoms with Crippen molar-refractivity contribution in [2.45, 2.75) is 136 Å². The van der Waals surface area contributed by atoms with Gasteiger partial charge in [0.15, 0.2) is 35.4 Å². The second kappa shape index (κ2) is 39.6. The van der Waals surface area contributed by atoms with Gasteiger partial charge in [0.05, 0.1) is 39.1 Å². The monoisotopic (exact) mass is 1660 g/mol. The second-order valence-corrected chi connectivity index (χ2v) is 36.0. The fourth-order valence-corrected chi connectivity index (χ4v) is 16.7. The van der Waals surface area contributed by atoms with Crippen LogP contribution in [0.3, 0.4) is 0 Å². The van der Waals surface area contributed by atoms with Crippen LogP contribution in [0.2, 0.25) is 0 Å². The summed E-state index contributed by atoms with van der Waals surface area (Å²) in [7, 11) is -32.6. The zero-order valence-corrected chi connectivity index (χ0v) is 64.6. The number of rotatable bonds is 43. The van der Waals surface area contributed by atoms with E-state index in [1.54, 1.807) is 23.5 Å². The molecule has 0 radical (unpaired) electrons. The van der Waals surface area contributed by atoms with Gasteiger partial charge in [-0.3, -0.25) is 55.5 Å². The third kappa shape index (κ3) is 29.5. The molecular weight excluding hydrogens is 1570 g/mol. The van der Waals surface area contributed by atoms with Crippen molar-refractivity contribution in [3.63, 3.8) is 0 Å². The number of amides is 4. The summed E-state index contributed by atoms with van der Waals surface area (Å²) in [6.45, 7) is 10.3. The molecule has 2 aliphatic rings. The molecule has 0 saturated carbocycles. The Kier molecular flexibility index (Phi) is 34.5. The van der Waals surface area contributed by atoms with Crippen LogP contribution in [0.1, 0.15) is 87.1 Å². The summed E-state index contributed by atoms with van der Waals surface area (Å²) < 4.78 is 124. The number of aliphatic hydroxyl groups excluding tert-OH is 4. The summed E-state index contributed by atoms with van der Waals surface area (Å²) in [6.07, 6.45) is -12.3. The van der Waals surface area contributed by atoms with E-state index in [2.05, 4.69) is 96.5 Å². The summed E-state index contributed by atoms with van der Waals surface area (Å²) >= 11 is 3.41. The molecule has 105 heavy (non-hydrogen) atoms. The molecule has 2 saturated heterocycles. The minimum Gasteiger partial charge on any atom is -0.386 e. The van der Waals surface area contributed by atoms with Gasteiger partial charge in [0, 0.05) is 61.4 Å². The number of aromatic nitrogens is 8. The van der Waals surface area contributed by atoms with Gasteiger partial charge in [-0.2, -0.15) is 32.1 Å². The molecule has 20 N–H and O–H groups in total. The first-order valence-electron chi connectivity index (χ1n) is 31.5. The number of nitrogens with two attached hydrogens (primary N) is 2. The van der Waals surface area contributed by atoms with Crippen molar-refractivity contribution in [2.75, 3.05) is 87.1 Å². The topological polar surface area (TPSA) is 693 Å². The van der Waals surface area contributed by atoms with E-state index >= 15 is 0 Å². The van der Waals surface area contributed by atoms with Crippen molar-refractivity contribution in [2.24, 2.45) is 22.7 Å². The number of hydrogen-bond donors (Lipinski definition) is 18. The third-order valence-corrected chi connectivity index (χ3v) is 23.7. The smallest absolute Gasteiger partial charge is 0.386 e. The molecule has 4 aromatic heterocycles. The number of nitrogens with one attached hydrogen (secondary N) is 4. The lowest BCUT2D eigenvalue weighted by Crippen LogP contribution is -2.46. The van der Waals surface area contributed by atoms with E-state index in [0.29, 0.717) is 24.9 Å². The van der Waals surface area contributed by atoms with E-state index in [9.17, 15) is 106 Å². The Morgan fingerprint density at radius 2 is 0.924 bits per heavy atom. The summed E-state index contributed by atoms with van der Waals surface area (Å²) in [5.74, 6) is 1.95. The quantitative estimate of drug-likeness (QED) is 0.0204. The van der Waals surface area contributed by atoms with E-state index in [0.717, 1.165) is 63.9 Å². The first kappa shape index (κ1) is 91.4. The summed E-state index contributed by atoms with van der Waals surface area (Å²) in [6, 6.07) is 0. The highest BCUT2D eigenvalue weighted by Gasteiger charge is 2.53. The highest BCUT2D eigenvalue weighted by molar-refractivity contribution is 7.99. The van der Waals surface area contributed by atoms with Gasteiger partial charge in [-0.05, 0) is 23.3 Å². The van der Waals surface area contributed by atoms with Gasteiger partial charge < -0.3 is 102 Å². The van der Waals surface area contributed by atoms with Gasteiger partial charge >= 0.3 is 46.9 Å². The number of ether oxygens (including phenoxy) is 2. The lowest BCUT2D eigenvalue weighted by Gasteiger charge is -2.30. The molecule has 0 aromatic carbocycles. The van der Waals surface area contributed by atoms with Crippen LogP contribution in [0.4, 0.5) is 11.6 Å². The SMILES string of the molecule is CC(C)CSCCNC(=O)CCNC(=O)[C@H](O)C(C)(C)COP(=O)(O)OP(=O)(O)OC[C@H]1O[C@@H](n2cnc3c(N)ncnc32)[C@H](O)[C@@H]1OP(=O)(O)O.CCC(C)CSCCNC(=O)CCNC(=O)[C@H](O)C(C)(C)COP(=O)(O)OP(=O)(O)OC[C@H]1O[C@@H](n2cnc3c(N)ncnc32)[C@H](O)[C@@H]1OP(=O)(O)O. The minimum absolute atomic E-state index is 0.0339. The van der Waals surface area contributed by atoms with Crippen LogP contribution in [0.5, 0.6) is 0 Å². The van der Waals surface area contributed by atoms with Gasteiger partial charge in [-0.15, -0.1) is 0 Å². The Balaban J connectivity index is 0.000000377. The maximum atomic E-state index is 12.7. The Morgan fingerprint density at radius 3 is 1.28 bits per heavy atom. The molecule has 46 nitrogen and oxygen atoms in total. The molecule has 598 valence electrons. The molecule has 2 fully saturated rings. The number of carbonyl (C=O) groups excluding carboxylic acids is 4. The number of hydrogen-bond acceptors (Lipinski definition) is 34. The van der Waals surface area contributed by atoms with Crippen LogP contribution in [0.15, 0.2) is 25.3 Å². The molecule has 4 amide bonds. The first-order chi connectivity index (χ1) is 48.6. The first-order valence-corrected chi connectivity index (χ1v) is 42.9. The Hall–Kier alpha value is -4.22. The predicted molar refractivity (Wildman–Crippen MR) is 368 cm³/mol. The van der Waals surface area contributed by atoms with Crippen molar-refractivity contribution in [3.05, 3.63) is 25.3 Å². The van der Waals surface area contributed by atoms with Gasteiger partial charge in [0.25, 0.3) is 0 Å². The summed E-state index contributed by atoms with van der Waals surface area (Å²) in [4.78, 5) is 151. The van der Waals surface area contributed by atoms with Gasteiger partial charge in [-0.25, -0.2) is 57.3 Å². The molecule has 4 aromatic rings. The third-order valence-electron chi connectivity index (χ3n) is 14.8. The van der Waals surface area contributed by atoms with E-state index in [-0.39, 0.29) is 71.7 Å². The van der Waals surface area contributed by atoms with Crippen LogP contribution in [0.25, 0.3) is 22.3 Å². The number of nitrogens with zero attached hydrogens (tertiary/aromatic N) is 8. The van der Waals surface area contributed by atoms with Crippen molar-refractivity contribution in [3.8, 4) is 0 Å². The number of aliphatic hydroxyl groups is 4. The fourth-order valence-electron chi connectivity index (χ4n) is 9.13. The molecule has 6 heterocycles. The molecule has 54 heteroatoms. The number of phosphoric ester groups is 6. The van der Waals surface area contributed by atoms with Crippen LogP contribution in [0, 0.1) is 22.7 Å². The van der Waals surface area contributed by atoms with E-state index < -0.39 is 157 Å². The zero-order valence-electron chi connectivity index (χ0n) is 57.6. The van der Waals surface area contributed by atoms with Crippen molar-refractivity contribution >= 4 is 128 Å². The molecule has 0 spiro atoms. The average molecular weight is 1660 g/mol. The average Bonchev–Trinajstić information content (AvgIpc) is 1.62. The molecule has 6 rings (SSSR count). The van der Waals surface area contributed by atoms with Crippen molar-refractivity contribution < 1.29 is 151 Å². The zero-order chi connectivity index (χ0) is 78.8. The van der Waals surface area contributed by atoms with Crippen molar-refractivity contribution in [1.82, 2.24) is 60.3 Å². The maximum absolute atomic E-state index is 12.7. The molecule has 5 unspecified atom stereocenters. The van der Waals surface area contributed by atoms with E-state index in [1.807, 2.05) is 0 Å². The normalized spacial score (nSPS) is 22.8. The lowest BCUT2D eigenvalue weighted by atomic mass is 9.87. The largest absolute Gasteiger partial charge is 0.481 e. The summed E-state index contributed by atoms with van der Waals surface area (Å²) in [5, 5.41) is 53.0. The molecule has 0 aliphatic carbocycles. The van der Waals surface area contributed by atoms with Gasteiger partial charge in [0.2, 0.25) is 23.6 Å². The standard InChI is InChI=1S/C26H46N7O16P3S.C25H44N7O16P3S/c1-5-15(2)11-53-9-8-28-17(34)6-7-29-24(37)21(36)26(3,4)12-46-52(43,44)49-51(41,42)45-10-16-20(48-50(38,39)40)19(35)25(47-16)33-14-32-18-22(27)30-13-31-23(18)33;1-14(2)10-52-8-7-27-16(33)5-6-28-23(36)20(35)25(3,4)11-45-51(42,43)48-50(40,41)44-9-15-19(47-49(37,38)39)18(34)24(46-15)32-13-31-17-21(26)29-12-30-22(17)32/h13-16,19-21,25,35-36H,5-12H2,1-4H3,(H,28,34)(H,29,37)(H,41,42)(H,43,44)(H2,27,30,31)(H2,38,39,40);12-15,18-20,24,34-35H,5-11H2,1-4H3,(H,27,33)(H,28,36)(H,40,41)(H,42,43)(H2,26,29,30)(H2,37,38,39)/t15?,16-,19-,20-,21+,25-;15-,18-,19-,20+,24-/m11/s1. The van der Waals surface area contributed by atoms with Crippen LogP contribution < -0.4 is 32.7 Å². The minimum atomic E-state index is -5.54. The number of phosphoric acid groups is 6. The number of carbonyl (C=O) groups is 4. The molecule has 2 aliphatic heterocycles. The predicted octanol–water partition coefficient (Wildman–Crippen LogP) is -0.0217. The summed E-state index contributed by atoms with van der Waals surface area (Å²) in [5.41, 5.74) is 8.64.